The van der Waals surface area contributed by atoms with Gasteiger partial charge in [-0.2, -0.15) is 0 Å². The van der Waals surface area contributed by atoms with Crippen LogP contribution in [0.1, 0.15) is 39.4 Å². The van der Waals surface area contributed by atoms with Gasteiger partial charge in [0.15, 0.2) is 6.04 Å². The molecule has 0 unspecified atom stereocenters. The van der Waals surface area contributed by atoms with Crippen LogP contribution in [0.2, 0.25) is 0 Å². The molecule has 7 nitrogen and oxygen atoms in total. The van der Waals surface area contributed by atoms with Gasteiger partial charge in [0, 0.05) is 12.0 Å². The Morgan fingerprint density at radius 3 is 2.10 bits per heavy atom. The van der Waals surface area contributed by atoms with E-state index in [-0.39, 0.29) is 12.4 Å². The van der Waals surface area contributed by atoms with Crippen LogP contribution in [0.3, 0.4) is 0 Å². The Labute approximate surface area is 237 Å². The van der Waals surface area contributed by atoms with Crippen LogP contribution in [0.4, 0.5) is 4.79 Å². The highest BCUT2D eigenvalue weighted by Crippen LogP contribution is 2.33. The number of esters is 1. The molecule has 5 aromatic rings. The molecule has 1 amide bonds. The van der Waals surface area contributed by atoms with Crippen molar-refractivity contribution >= 4 is 23.0 Å². The van der Waals surface area contributed by atoms with E-state index in [2.05, 4.69) is 5.32 Å². The fraction of sp³-hybridized carbons (Fsp3) is 0.147. The lowest BCUT2D eigenvalue weighted by molar-refractivity contribution is -0.136. The Balaban J connectivity index is 1.45. The molecule has 7 heteroatoms. The van der Waals surface area contributed by atoms with E-state index >= 15 is 0 Å². The third-order valence-corrected chi connectivity index (χ3v) is 6.76. The molecule has 0 radical (unpaired) electrons. The van der Waals surface area contributed by atoms with Gasteiger partial charge in [-0.05, 0) is 53.8 Å². The standard InChI is InChI=1S/C34H29NO6/c1-22-18-28-30(23(2)27(32(36)40-28)20-24-12-6-3-7-13-24)29(19-22)41-33(37)31(26-16-10-5-11-17-26)35-34(38)39-21-25-14-8-4-9-15-25/h3-19,31H,20-21H2,1-2H3,(H,35,38)/t31-/m1/s1. The van der Waals surface area contributed by atoms with E-state index in [4.69, 9.17) is 13.9 Å². The molecule has 206 valence electrons. The smallest absolute Gasteiger partial charge is 0.408 e. The van der Waals surface area contributed by atoms with Crippen LogP contribution in [0.25, 0.3) is 11.0 Å². The van der Waals surface area contributed by atoms with Crippen molar-refractivity contribution in [1.29, 1.82) is 0 Å². The summed E-state index contributed by atoms with van der Waals surface area (Å²) in [5.74, 6) is -0.476. The summed E-state index contributed by atoms with van der Waals surface area (Å²) in [6.45, 7) is 3.68. The summed E-state index contributed by atoms with van der Waals surface area (Å²) in [7, 11) is 0. The average Bonchev–Trinajstić information content (AvgIpc) is 2.98. The Morgan fingerprint density at radius 2 is 1.44 bits per heavy atom. The number of fused-ring (bicyclic) bond motifs is 1. The molecule has 1 heterocycles. The molecule has 41 heavy (non-hydrogen) atoms. The number of alkyl carbamates (subject to hydrolysis) is 1. The molecule has 1 N–H and O–H groups in total. The first-order valence-electron chi connectivity index (χ1n) is 13.2. The van der Waals surface area contributed by atoms with Crippen molar-refractivity contribution in [2.75, 3.05) is 0 Å². The summed E-state index contributed by atoms with van der Waals surface area (Å²) >= 11 is 0. The minimum atomic E-state index is -1.14. The zero-order valence-electron chi connectivity index (χ0n) is 22.8. The van der Waals surface area contributed by atoms with Crippen LogP contribution in [-0.2, 0) is 22.6 Å². The molecule has 0 spiro atoms. The average molecular weight is 548 g/mol. The number of hydrogen-bond donors (Lipinski definition) is 1. The minimum absolute atomic E-state index is 0.0498. The molecule has 5 rings (SSSR count). The molecule has 0 saturated heterocycles. The van der Waals surface area contributed by atoms with E-state index in [0.717, 1.165) is 16.7 Å². The second kappa shape index (κ2) is 12.3. The summed E-state index contributed by atoms with van der Waals surface area (Å²) in [5, 5.41) is 3.17. The molecule has 1 aromatic heterocycles. The van der Waals surface area contributed by atoms with Gasteiger partial charge in [-0.25, -0.2) is 14.4 Å². The van der Waals surface area contributed by atoms with Gasteiger partial charge in [0.25, 0.3) is 0 Å². The van der Waals surface area contributed by atoms with Gasteiger partial charge in [-0.1, -0.05) is 91.0 Å². The number of ether oxygens (including phenoxy) is 2. The summed E-state index contributed by atoms with van der Waals surface area (Å²) in [4.78, 5) is 39.3. The molecule has 1 atom stereocenters. The highest BCUT2D eigenvalue weighted by Gasteiger charge is 2.27. The molecule has 0 fully saturated rings. The predicted octanol–water partition coefficient (Wildman–Crippen LogP) is 6.57. The molecule has 0 aliphatic rings. The first-order valence-corrected chi connectivity index (χ1v) is 13.2. The molecule has 4 aromatic carbocycles. The van der Waals surface area contributed by atoms with Gasteiger partial charge in [0.2, 0.25) is 0 Å². The second-order valence-electron chi connectivity index (χ2n) is 9.76. The van der Waals surface area contributed by atoms with Crippen molar-refractivity contribution in [2.24, 2.45) is 0 Å². The van der Waals surface area contributed by atoms with E-state index < -0.39 is 23.7 Å². The lowest BCUT2D eigenvalue weighted by Crippen LogP contribution is -2.36. The number of amides is 1. The predicted molar refractivity (Wildman–Crippen MR) is 156 cm³/mol. The topological polar surface area (TPSA) is 94.8 Å². The molecule has 0 aliphatic heterocycles. The zero-order valence-corrected chi connectivity index (χ0v) is 22.8. The third kappa shape index (κ3) is 6.53. The molecule has 0 aliphatic carbocycles. The fourth-order valence-corrected chi connectivity index (χ4v) is 4.70. The maximum Gasteiger partial charge on any atom is 0.408 e. The second-order valence-corrected chi connectivity index (χ2v) is 9.76. The highest BCUT2D eigenvalue weighted by atomic mass is 16.6. The van der Waals surface area contributed by atoms with E-state index in [1.165, 1.54) is 0 Å². The van der Waals surface area contributed by atoms with Crippen molar-refractivity contribution in [3.05, 3.63) is 147 Å². The van der Waals surface area contributed by atoms with Crippen LogP contribution in [-0.4, -0.2) is 12.1 Å². The SMILES string of the molecule is Cc1cc(OC(=O)[C@H](NC(=O)OCc2ccccc2)c2ccccc2)c2c(C)c(Cc3ccccc3)c(=O)oc2c1. The van der Waals surface area contributed by atoms with Crippen molar-refractivity contribution in [1.82, 2.24) is 5.32 Å². The quantitative estimate of drug-likeness (QED) is 0.134. The largest absolute Gasteiger partial charge is 0.445 e. The number of carbonyl (C=O) groups excluding carboxylic acids is 2. The lowest BCUT2D eigenvalue weighted by Gasteiger charge is -2.19. The van der Waals surface area contributed by atoms with Crippen LogP contribution >= 0.6 is 0 Å². The maximum absolute atomic E-state index is 13.6. The molecular weight excluding hydrogens is 518 g/mol. The van der Waals surface area contributed by atoms with Gasteiger partial charge in [-0.15, -0.1) is 0 Å². The van der Waals surface area contributed by atoms with E-state index in [0.29, 0.717) is 34.1 Å². The number of hydrogen-bond acceptors (Lipinski definition) is 6. The number of carbonyl (C=O) groups is 2. The number of nitrogens with one attached hydrogen (secondary N) is 1. The zero-order chi connectivity index (χ0) is 28.8. The van der Waals surface area contributed by atoms with Gasteiger partial charge in [-0.3, -0.25) is 0 Å². The lowest BCUT2D eigenvalue weighted by atomic mass is 9.98. The van der Waals surface area contributed by atoms with Gasteiger partial charge >= 0.3 is 17.7 Å². The molecule has 0 bridgehead atoms. The monoisotopic (exact) mass is 547 g/mol. The normalized spacial score (nSPS) is 11.6. The Kier molecular flexibility index (Phi) is 8.25. The van der Waals surface area contributed by atoms with Gasteiger partial charge < -0.3 is 19.2 Å². The van der Waals surface area contributed by atoms with Crippen molar-refractivity contribution < 1.29 is 23.5 Å². The van der Waals surface area contributed by atoms with Crippen molar-refractivity contribution in [3.8, 4) is 5.75 Å². The van der Waals surface area contributed by atoms with Crippen molar-refractivity contribution in [2.45, 2.75) is 32.9 Å². The summed E-state index contributed by atoms with van der Waals surface area (Å²) in [6.07, 6.45) is -0.394. The summed E-state index contributed by atoms with van der Waals surface area (Å²) < 4.78 is 17.0. The number of rotatable bonds is 8. The fourth-order valence-electron chi connectivity index (χ4n) is 4.70. The van der Waals surface area contributed by atoms with Crippen LogP contribution < -0.4 is 15.7 Å². The first kappa shape index (κ1) is 27.4. The van der Waals surface area contributed by atoms with Gasteiger partial charge in [0.1, 0.15) is 17.9 Å². The maximum atomic E-state index is 13.6. The molecule has 0 saturated carbocycles. The number of aryl methyl sites for hydroxylation is 2. The van der Waals surface area contributed by atoms with E-state index in [1.54, 1.807) is 36.4 Å². The Hall–Kier alpha value is -5.17. The molecular formula is C34H29NO6. The number of benzene rings is 4. The third-order valence-electron chi connectivity index (χ3n) is 6.76. The Morgan fingerprint density at radius 1 is 0.829 bits per heavy atom. The highest BCUT2D eigenvalue weighted by molar-refractivity contribution is 5.92. The van der Waals surface area contributed by atoms with Crippen LogP contribution in [0, 0.1) is 13.8 Å². The summed E-state index contributed by atoms with van der Waals surface area (Å²) in [6, 6.07) is 30.0. The van der Waals surface area contributed by atoms with Crippen LogP contribution in [0.5, 0.6) is 5.75 Å². The van der Waals surface area contributed by atoms with Gasteiger partial charge in [0.05, 0.1) is 5.39 Å². The van der Waals surface area contributed by atoms with Crippen molar-refractivity contribution in [3.63, 3.8) is 0 Å². The summed E-state index contributed by atoms with van der Waals surface area (Å²) in [5.41, 5.74) is 4.06. The Bertz CT molecular complexity index is 1730. The minimum Gasteiger partial charge on any atom is -0.445 e. The van der Waals surface area contributed by atoms with Crippen LogP contribution in [0.15, 0.2) is 112 Å². The van der Waals surface area contributed by atoms with E-state index in [1.807, 2.05) is 80.6 Å². The van der Waals surface area contributed by atoms with E-state index in [9.17, 15) is 14.4 Å². The first-order chi connectivity index (χ1) is 19.9.